The highest BCUT2D eigenvalue weighted by molar-refractivity contribution is 5.96. The lowest BCUT2D eigenvalue weighted by atomic mass is 10.2. The van der Waals surface area contributed by atoms with E-state index in [1.807, 2.05) is 73.8 Å². The van der Waals surface area contributed by atoms with Crippen LogP contribution in [0.15, 0.2) is 84.9 Å². The quantitative estimate of drug-likeness (QED) is 0.657. The first-order valence-electron chi connectivity index (χ1n) is 9.04. The Morgan fingerprint density at radius 1 is 0.889 bits per heavy atom. The molecule has 0 aliphatic rings. The molecule has 3 aromatic carbocycles. The summed E-state index contributed by atoms with van der Waals surface area (Å²) in [5.41, 5.74) is 2.74. The van der Waals surface area contributed by atoms with Crippen molar-refractivity contribution in [2.45, 2.75) is 6.61 Å². The topological polar surface area (TPSA) is 41.6 Å². The molecule has 0 aromatic heterocycles. The Kier molecular flexibility index (Phi) is 6.47. The van der Waals surface area contributed by atoms with E-state index in [9.17, 15) is 4.79 Å². The summed E-state index contributed by atoms with van der Waals surface area (Å²) in [6, 6.07) is 27.4. The van der Waals surface area contributed by atoms with Crippen molar-refractivity contribution in [2.75, 3.05) is 25.0 Å². The standard InChI is InChI=1S/C23H24N2O2/c1-25(20-12-6-3-7-13-20)17-16-24-23(26)21-14-8-9-15-22(21)27-18-19-10-4-2-5-11-19/h2-15H,16-18H2,1H3,(H,24,26). The van der Waals surface area contributed by atoms with Gasteiger partial charge in [0.15, 0.2) is 0 Å². The third-order valence-corrected chi connectivity index (χ3v) is 4.30. The van der Waals surface area contributed by atoms with E-state index in [0.717, 1.165) is 17.8 Å². The molecule has 0 radical (unpaired) electrons. The van der Waals surface area contributed by atoms with Gasteiger partial charge in [-0.2, -0.15) is 0 Å². The third-order valence-electron chi connectivity index (χ3n) is 4.30. The largest absolute Gasteiger partial charge is 0.488 e. The van der Waals surface area contributed by atoms with Crippen LogP contribution in [-0.2, 0) is 6.61 Å². The monoisotopic (exact) mass is 360 g/mol. The molecule has 0 saturated heterocycles. The first-order chi connectivity index (χ1) is 13.2. The van der Waals surface area contributed by atoms with E-state index in [-0.39, 0.29) is 5.91 Å². The van der Waals surface area contributed by atoms with Crippen LogP contribution in [0.5, 0.6) is 5.75 Å². The molecular weight excluding hydrogens is 336 g/mol. The Morgan fingerprint density at radius 2 is 1.52 bits per heavy atom. The smallest absolute Gasteiger partial charge is 0.255 e. The maximum atomic E-state index is 12.6. The molecule has 0 spiro atoms. The lowest BCUT2D eigenvalue weighted by Gasteiger charge is -2.19. The summed E-state index contributed by atoms with van der Waals surface area (Å²) in [6.45, 7) is 1.71. The molecule has 0 heterocycles. The van der Waals surface area contributed by atoms with Crippen molar-refractivity contribution in [3.8, 4) is 5.75 Å². The molecule has 0 bridgehead atoms. The number of carbonyl (C=O) groups excluding carboxylic acids is 1. The molecule has 138 valence electrons. The number of rotatable bonds is 8. The predicted molar refractivity (Wildman–Crippen MR) is 109 cm³/mol. The number of benzene rings is 3. The van der Waals surface area contributed by atoms with Crippen LogP contribution in [0.4, 0.5) is 5.69 Å². The van der Waals surface area contributed by atoms with Gasteiger partial charge in [0.05, 0.1) is 5.56 Å². The molecule has 0 atom stereocenters. The minimum atomic E-state index is -0.125. The SMILES string of the molecule is CN(CCNC(=O)c1ccccc1OCc1ccccc1)c1ccccc1. The van der Waals surface area contributed by atoms with Gasteiger partial charge in [-0.05, 0) is 29.8 Å². The number of carbonyl (C=O) groups is 1. The van der Waals surface area contributed by atoms with Gasteiger partial charge in [0.25, 0.3) is 5.91 Å². The lowest BCUT2D eigenvalue weighted by molar-refractivity contribution is 0.0950. The zero-order valence-corrected chi connectivity index (χ0v) is 15.5. The van der Waals surface area contributed by atoms with Crippen LogP contribution >= 0.6 is 0 Å². The highest BCUT2D eigenvalue weighted by Crippen LogP contribution is 2.19. The Balaban J connectivity index is 1.55. The second-order valence-corrected chi connectivity index (χ2v) is 6.28. The summed E-state index contributed by atoms with van der Waals surface area (Å²) < 4.78 is 5.87. The molecular formula is C23H24N2O2. The van der Waals surface area contributed by atoms with Crippen LogP contribution in [0.25, 0.3) is 0 Å². The van der Waals surface area contributed by atoms with E-state index < -0.39 is 0 Å². The van der Waals surface area contributed by atoms with Crippen molar-refractivity contribution in [3.63, 3.8) is 0 Å². The van der Waals surface area contributed by atoms with E-state index in [4.69, 9.17) is 4.74 Å². The maximum absolute atomic E-state index is 12.6. The Bertz CT molecular complexity index is 851. The number of hydrogen-bond acceptors (Lipinski definition) is 3. The molecule has 1 amide bonds. The fourth-order valence-electron chi connectivity index (χ4n) is 2.76. The third kappa shape index (κ3) is 5.35. The number of nitrogens with zero attached hydrogens (tertiary/aromatic N) is 1. The minimum absolute atomic E-state index is 0.125. The molecule has 0 fully saturated rings. The molecule has 0 unspecified atom stereocenters. The lowest BCUT2D eigenvalue weighted by Crippen LogP contribution is -2.33. The average molecular weight is 360 g/mol. The summed E-state index contributed by atoms with van der Waals surface area (Å²) in [5, 5.41) is 2.98. The van der Waals surface area contributed by atoms with E-state index in [2.05, 4.69) is 22.3 Å². The number of hydrogen-bond donors (Lipinski definition) is 1. The van der Waals surface area contributed by atoms with Crippen LogP contribution in [0.3, 0.4) is 0 Å². The summed E-state index contributed by atoms with van der Waals surface area (Å²) >= 11 is 0. The molecule has 4 heteroatoms. The molecule has 0 aliphatic heterocycles. The van der Waals surface area contributed by atoms with Gasteiger partial charge >= 0.3 is 0 Å². The van der Waals surface area contributed by atoms with Gasteiger partial charge in [-0.1, -0.05) is 60.7 Å². The van der Waals surface area contributed by atoms with Crippen LogP contribution in [0.1, 0.15) is 15.9 Å². The number of anilines is 1. The average Bonchev–Trinajstić information content (AvgIpc) is 2.73. The zero-order valence-electron chi connectivity index (χ0n) is 15.5. The summed E-state index contributed by atoms with van der Waals surface area (Å²) in [7, 11) is 2.01. The Morgan fingerprint density at radius 3 is 2.26 bits per heavy atom. The number of para-hydroxylation sites is 2. The van der Waals surface area contributed by atoms with Gasteiger partial charge in [0, 0.05) is 25.8 Å². The van der Waals surface area contributed by atoms with Gasteiger partial charge in [0.1, 0.15) is 12.4 Å². The molecule has 1 N–H and O–H groups in total. The van der Waals surface area contributed by atoms with Crippen LogP contribution < -0.4 is 15.0 Å². The van der Waals surface area contributed by atoms with Gasteiger partial charge < -0.3 is 15.0 Å². The normalized spacial score (nSPS) is 10.3. The van der Waals surface area contributed by atoms with Crippen molar-refractivity contribution in [1.29, 1.82) is 0 Å². The fourth-order valence-corrected chi connectivity index (χ4v) is 2.76. The summed E-state index contributed by atoms with van der Waals surface area (Å²) in [6.07, 6.45) is 0. The minimum Gasteiger partial charge on any atom is -0.488 e. The first kappa shape index (κ1) is 18.5. The van der Waals surface area contributed by atoms with Crippen LogP contribution in [0.2, 0.25) is 0 Å². The number of ether oxygens (including phenoxy) is 1. The molecule has 0 saturated carbocycles. The Hall–Kier alpha value is -3.27. The summed E-state index contributed by atoms with van der Waals surface area (Å²) in [5.74, 6) is 0.468. The van der Waals surface area contributed by atoms with E-state index in [1.165, 1.54) is 0 Å². The van der Waals surface area contributed by atoms with Crippen molar-refractivity contribution in [2.24, 2.45) is 0 Å². The van der Waals surface area contributed by atoms with Gasteiger partial charge in [-0.25, -0.2) is 0 Å². The second kappa shape index (κ2) is 9.43. The van der Waals surface area contributed by atoms with Crippen LogP contribution in [0, 0.1) is 0 Å². The van der Waals surface area contributed by atoms with E-state index in [0.29, 0.717) is 24.5 Å². The van der Waals surface area contributed by atoms with Crippen molar-refractivity contribution in [3.05, 3.63) is 96.1 Å². The molecule has 3 rings (SSSR count). The molecule has 0 aliphatic carbocycles. The highest BCUT2D eigenvalue weighted by atomic mass is 16.5. The first-order valence-corrected chi connectivity index (χ1v) is 9.04. The fraction of sp³-hybridized carbons (Fsp3) is 0.174. The van der Waals surface area contributed by atoms with Gasteiger partial charge in [-0.15, -0.1) is 0 Å². The number of likely N-dealkylation sites (N-methyl/N-ethyl adjacent to an activating group) is 1. The summed E-state index contributed by atoms with van der Waals surface area (Å²) in [4.78, 5) is 14.7. The van der Waals surface area contributed by atoms with Crippen molar-refractivity contribution >= 4 is 11.6 Å². The van der Waals surface area contributed by atoms with Gasteiger partial charge in [-0.3, -0.25) is 4.79 Å². The van der Waals surface area contributed by atoms with Gasteiger partial charge in [0.2, 0.25) is 0 Å². The van der Waals surface area contributed by atoms with Crippen molar-refractivity contribution < 1.29 is 9.53 Å². The Labute approximate surface area is 160 Å². The highest BCUT2D eigenvalue weighted by Gasteiger charge is 2.12. The molecule has 4 nitrogen and oxygen atoms in total. The molecule has 3 aromatic rings. The maximum Gasteiger partial charge on any atom is 0.255 e. The molecule has 27 heavy (non-hydrogen) atoms. The number of nitrogens with one attached hydrogen (secondary N) is 1. The van der Waals surface area contributed by atoms with E-state index >= 15 is 0 Å². The van der Waals surface area contributed by atoms with E-state index in [1.54, 1.807) is 6.07 Å². The van der Waals surface area contributed by atoms with Crippen LogP contribution in [-0.4, -0.2) is 26.0 Å². The second-order valence-electron chi connectivity index (χ2n) is 6.28. The predicted octanol–water partition coefficient (Wildman–Crippen LogP) is 4.13. The number of amides is 1. The zero-order chi connectivity index (χ0) is 18.9. The van der Waals surface area contributed by atoms with Crippen molar-refractivity contribution in [1.82, 2.24) is 5.32 Å².